The number of hydrogen-bond acceptors (Lipinski definition) is 5. The fourth-order valence-electron chi connectivity index (χ4n) is 4.92. The lowest BCUT2D eigenvalue weighted by molar-refractivity contribution is -0.134. The van der Waals surface area contributed by atoms with Crippen LogP contribution in [0.5, 0.6) is 0 Å². The number of benzene rings is 2. The van der Waals surface area contributed by atoms with Crippen LogP contribution in [-0.2, 0) is 22.4 Å². The second-order valence-corrected chi connectivity index (χ2v) is 10.9. The molecule has 190 valence electrons. The van der Waals surface area contributed by atoms with E-state index in [0.717, 1.165) is 45.0 Å². The minimum atomic E-state index is -0.0691. The van der Waals surface area contributed by atoms with Crippen LogP contribution in [-0.4, -0.2) is 61.5 Å². The summed E-state index contributed by atoms with van der Waals surface area (Å²) in [6, 6.07) is 17.6. The van der Waals surface area contributed by atoms with Gasteiger partial charge in [-0.25, -0.2) is 0 Å². The van der Waals surface area contributed by atoms with Crippen molar-refractivity contribution in [2.75, 3.05) is 37.7 Å². The summed E-state index contributed by atoms with van der Waals surface area (Å²) in [7, 11) is 0. The van der Waals surface area contributed by atoms with E-state index in [4.69, 9.17) is 4.74 Å². The van der Waals surface area contributed by atoms with Gasteiger partial charge in [0.2, 0.25) is 5.91 Å². The van der Waals surface area contributed by atoms with E-state index in [2.05, 4.69) is 5.32 Å². The number of ether oxygens (including phenoxy) is 1. The Labute approximate surface area is 220 Å². The van der Waals surface area contributed by atoms with E-state index in [1.807, 2.05) is 64.4 Å². The molecule has 0 radical (unpaired) electrons. The maximum Gasteiger partial charge on any atom is 0.261 e. The third-order valence-corrected chi connectivity index (χ3v) is 8.36. The van der Waals surface area contributed by atoms with E-state index in [1.54, 1.807) is 0 Å². The zero-order valence-corrected chi connectivity index (χ0v) is 21.4. The van der Waals surface area contributed by atoms with Crippen molar-refractivity contribution in [1.29, 1.82) is 0 Å². The highest BCUT2D eigenvalue weighted by molar-refractivity contribution is 7.17. The first-order chi connectivity index (χ1) is 18.1. The van der Waals surface area contributed by atoms with Crippen molar-refractivity contribution in [2.45, 2.75) is 31.7 Å². The summed E-state index contributed by atoms with van der Waals surface area (Å²) in [5.41, 5.74) is 4.42. The molecule has 37 heavy (non-hydrogen) atoms. The first-order valence-electron chi connectivity index (χ1n) is 12.9. The van der Waals surface area contributed by atoms with Gasteiger partial charge < -0.3 is 19.9 Å². The van der Waals surface area contributed by atoms with Gasteiger partial charge in [0, 0.05) is 41.7 Å². The molecule has 2 aliphatic heterocycles. The molecular formula is C29H29N3O4S. The number of nitrogens with zero attached hydrogens (tertiary/aromatic N) is 2. The summed E-state index contributed by atoms with van der Waals surface area (Å²) in [6.45, 7) is 2.94. The predicted octanol–water partition coefficient (Wildman–Crippen LogP) is 3.91. The van der Waals surface area contributed by atoms with E-state index < -0.39 is 0 Å². The fourth-order valence-corrected chi connectivity index (χ4v) is 6.07. The molecule has 1 aromatic heterocycles. The second-order valence-electron chi connectivity index (χ2n) is 9.80. The fraction of sp³-hybridized carbons (Fsp3) is 0.345. The van der Waals surface area contributed by atoms with Gasteiger partial charge in [0.25, 0.3) is 11.8 Å². The third kappa shape index (κ3) is 5.04. The van der Waals surface area contributed by atoms with Crippen LogP contribution in [0.25, 0.3) is 10.4 Å². The molecule has 2 fully saturated rings. The molecular weight excluding hydrogens is 486 g/mol. The minimum Gasteiger partial charge on any atom is -0.378 e. The quantitative estimate of drug-likeness (QED) is 0.559. The lowest BCUT2D eigenvalue weighted by Gasteiger charge is -2.27. The largest absolute Gasteiger partial charge is 0.378 e. The van der Waals surface area contributed by atoms with Gasteiger partial charge in [0.1, 0.15) is 0 Å². The van der Waals surface area contributed by atoms with Crippen LogP contribution in [0.4, 0.5) is 5.69 Å². The molecule has 3 aromatic rings. The van der Waals surface area contributed by atoms with Crippen LogP contribution in [0.3, 0.4) is 0 Å². The summed E-state index contributed by atoms with van der Waals surface area (Å²) in [6.07, 6.45) is 3.11. The molecule has 1 saturated carbocycles. The predicted molar refractivity (Wildman–Crippen MR) is 143 cm³/mol. The minimum absolute atomic E-state index is 0.00169. The van der Waals surface area contributed by atoms with Gasteiger partial charge >= 0.3 is 0 Å². The Morgan fingerprint density at radius 1 is 0.973 bits per heavy atom. The Morgan fingerprint density at radius 3 is 2.49 bits per heavy atom. The van der Waals surface area contributed by atoms with E-state index in [1.165, 1.54) is 11.3 Å². The van der Waals surface area contributed by atoms with Crippen molar-refractivity contribution < 1.29 is 19.1 Å². The number of hydrogen-bond donors (Lipinski definition) is 1. The SMILES string of the molecule is O=C(NC1CC1)c1cc2c(s1)-c1ccccc1N(C(=O)c1ccc(CC(=O)N3CCOCC3)cc1)CC2. The monoisotopic (exact) mass is 515 g/mol. The van der Waals surface area contributed by atoms with Crippen molar-refractivity contribution in [3.63, 3.8) is 0 Å². The van der Waals surface area contributed by atoms with Crippen molar-refractivity contribution in [3.05, 3.63) is 76.2 Å². The van der Waals surface area contributed by atoms with Crippen LogP contribution >= 0.6 is 11.3 Å². The molecule has 3 amide bonds. The van der Waals surface area contributed by atoms with Crippen molar-refractivity contribution in [3.8, 4) is 10.4 Å². The highest BCUT2D eigenvalue weighted by Gasteiger charge is 2.29. The van der Waals surface area contributed by atoms with Gasteiger partial charge in [0.15, 0.2) is 0 Å². The molecule has 0 bridgehead atoms. The standard InChI is InChI=1S/C29H29N3O4S/c33-26(31-13-15-36-16-14-31)17-19-5-7-20(8-6-19)29(35)32-12-11-21-18-25(28(34)30-22-9-10-22)37-27(21)23-3-1-2-4-24(23)32/h1-8,18,22H,9-17H2,(H,30,34). The Bertz CT molecular complexity index is 1340. The van der Waals surface area contributed by atoms with Crippen molar-refractivity contribution in [2.24, 2.45) is 0 Å². The topological polar surface area (TPSA) is 79.0 Å². The first kappa shape index (κ1) is 23.9. The Hall–Kier alpha value is -3.49. The summed E-state index contributed by atoms with van der Waals surface area (Å²) >= 11 is 1.50. The number of nitrogens with one attached hydrogen (secondary N) is 1. The summed E-state index contributed by atoms with van der Waals surface area (Å²) in [5, 5.41) is 3.08. The second kappa shape index (κ2) is 10.1. The van der Waals surface area contributed by atoms with E-state index in [-0.39, 0.29) is 17.7 Å². The number of anilines is 1. The van der Waals surface area contributed by atoms with Crippen LogP contribution in [0, 0.1) is 0 Å². The molecule has 7 nitrogen and oxygen atoms in total. The zero-order chi connectivity index (χ0) is 25.4. The first-order valence-corrected chi connectivity index (χ1v) is 13.7. The normalized spacial score (nSPS) is 17.0. The Kier molecular flexibility index (Phi) is 6.52. The highest BCUT2D eigenvalue weighted by atomic mass is 32.1. The Morgan fingerprint density at radius 2 is 1.73 bits per heavy atom. The van der Waals surface area contributed by atoms with E-state index in [9.17, 15) is 14.4 Å². The third-order valence-electron chi connectivity index (χ3n) is 7.15. The van der Waals surface area contributed by atoms with E-state index >= 15 is 0 Å². The van der Waals surface area contributed by atoms with Crippen LogP contribution in [0.15, 0.2) is 54.6 Å². The highest BCUT2D eigenvalue weighted by Crippen LogP contribution is 2.42. The molecule has 6 rings (SSSR count). The van der Waals surface area contributed by atoms with Gasteiger partial charge in [-0.3, -0.25) is 14.4 Å². The summed E-state index contributed by atoms with van der Waals surface area (Å²) in [5.74, 6) is 0.0127. The number of rotatable bonds is 5. The number of morpholine rings is 1. The van der Waals surface area contributed by atoms with Crippen molar-refractivity contribution >= 4 is 34.7 Å². The number of carbonyl (C=O) groups is 3. The molecule has 1 saturated heterocycles. The smallest absolute Gasteiger partial charge is 0.261 e. The van der Waals surface area contributed by atoms with Gasteiger partial charge in [-0.15, -0.1) is 11.3 Å². The molecule has 1 N–H and O–H groups in total. The maximum atomic E-state index is 13.6. The lowest BCUT2D eigenvalue weighted by atomic mass is 10.1. The average molecular weight is 516 g/mol. The van der Waals surface area contributed by atoms with E-state index in [0.29, 0.717) is 57.3 Å². The molecule has 1 aliphatic carbocycles. The molecule has 0 atom stereocenters. The molecule has 3 aliphatic rings. The molecule has 0 unspecified atom stereocenters. The number of carbonyl (C=O) groups excluding carboxylic acids is 3. The van der Waals surface area contributed by atoms with Crippen LogP contribution in [0.1, 0.15) is 44.0 Å². The van der Waals surface area contributed by atoms with Crippen LogP contribution in [0.2, 0.25) is 0 Å². The summed E-state index contributed by atoms with van der Waals surface area (Å²) < 4.78 is 5.33. The van der Waals surface area contributed by atoms with Crippen molar-refractivity contribution in [1.82, 2.24) is 10.2 Å². The lowest BCUT2D eigenvalue weighted by Crippen LogP contribution is -2.41. The number of fused-ring (bicyclic) bond motifs is 3. The Balaban J connectivity index is 1.20. The molecule has 8 heteroatoms. The van der Waals surface area contributed by atoms with Gasteiger partial charge in [-0.1, -0.05) is 30.3 Å². The number of amides is 3. The van der Waals surface area contributed by atoms with Gasteiger partial charge in [-0.2, -0.15) is 0 Å². The zero-order valence-electron chi connectivity index (χ0n) is 20.6. The molecule has 0 spiro atoms. The van der Waals surface area contributed by atoms with Gasteiger partial charge in [0.05, 0.1) is 30.2 Å². The van der Waals surface area contributed by atoms with Gasteiger partial charge in [-0.05, 0) is 54.7 Å². The summed E-state index contributed by atoms with van der Waals surface area (Å²) in [4.78, 5) is 44.3. The molecule has 2 aromatic carbocycles. The van der Waals surface area contributed by atoms with Crippen LogP contribution < -0.4 is 10.2 Å². The number of para-hydroxylation sites is 1. The molecule has 3 heterocycles. The maximum absolute atomic E-state index is 13.6. The number of thiophene rings is 1. The average Bonchev–Trinajstić information content (AvgIpc) is 3.67.